The third kappa shape index (κ3) is 2.47. The van der Waals surface area contributed by atoms with Gasteiger partial charge in [0.15, 0.2) is 0 Å². The van der Waals surface area contributed by atoms with Crippen molar-refractivity contribution in [3.8, 4) is 16.9 Å². The van der Waals surface area contributed by atoms with Crippen molar-refractivity contribution in [1.82, 2.24) is 0 Å². The highest BCUT2D eigenvalue weighted by Gasteiger charge is 2.26. The van der Waals surface area contributed by atoms with E-state index in [1.807, 2.05) is 6.92 Å². The van der Waals surface area contributed by atoms with Crippen LogP contribution < -0.4 is 0 Å². The number of benzene rings is 2. The second kappa shape index (κ2) is 6.15. The van der Waals surface area contributed by atoms with Gasteiger partial charge in [-0.1, -0.05) is 12.1 Å². The van der Waals surface area contributed by atoms with Crippen LogP contribution in [0.25, 0.3) is 11.1 Å². The Labute approximate surface area is 150 Å². The number of hydrogen-bond acceptors (Lipinski definition) is 2. The molecule has 0 heterocycles. The predicted molar refractivity (Wildman–Crippen MR) is 104 cm³/mol. The molecule has 2 aliphatic carbocycles. The summed E-state index contributed by atoms with van der Waals surface area (Å²) < 4.78 is 0. The molecule has 0 saturated heterocycles. The van der Waals surface area contributed by atoms with E-state index in [4.69, 9.17) is 12.6 Å². The predicted octanol–water partition coefficient (Wildman–Crippen LogP) is 5.72. The maximum atomic E-state index is 11.0. The molecule has 0 amide bonds. The maximum Gasteiger partial charge on any atom is 0.126 e. The van der Waals surface area contributed by atoms with Crippen LogP contribution in [0.2, 0.25) is 0 Å². The number of aromatic hydroxyl groups is 1. The first kappa shape index (κ1) is 16.1. The zero-order valence-electron chi connectivity index (χ0n) is 14.7. The van der Waals surface area contributed by atoms with Crippen molar-refractivity contribution in [2.24, 2.45) is 0 Å². The molecule has 2 aliphatic rings. The topological polar surface area (TPSA) is 20.2 Å². The average Bonchev–Trinajstić information content (AvgIpc) is 2.58. The maximum absolute atomic E-state index is 11.0. The Balaban J connectivity index is 2.07. The number of phenolic OH excluding ortho intramolecular Hbond substituents is 1. The molecular formula is C22H26OS. The molecule has 0 bridgehead atoms. The van der Waals surface area contributed by atoms with Gasteiger partial charge in [-0.15, -0.1) is 12.6 Å². The summed E-state index contributed by atoms with van der Waals surface area (Å²) in [5.74, 6) is 0.476. The lowest BCUT2D eigenvalue weighted by Gasteiger charge is -2.27. The van der Waals surface area contributed by atoms with Gasteiger partial charge in [-0.25, -0.2) is 0 Å². The summed E-state index contributed by atoms with van der Waals surface area (Å²) in [6.45, 7) is 4.19. The van der Waals surface area contributed by atoms with Crippen molar-refractivity contribution in [3.05, 3.63) is 45.5 Å². The number of phenols is 1. The first-order valence-electron chi connectivity index (χ1n) is 9.27. The van der Waals surface area contributed by atoms with Gasteiger partial charge in [-0.2, -0.15) is 0 Å². The fraction of sp³-hybridized carbons (Fsp3) is 0.455. The number of thiol groups is 1. The molecule has 0 unspecified atom stereocenters. The van der Waals surface area contributed by atoms with Gasteiger partial charge < -0.3 is 5.11 Å². The van der Waals surface area contributed by atoms with Gasteiger partial charge in [0, 0.05) is 16.0 Å². The van der Waals surface area contributed by atoms with Gasteiger partial charge in [0.25, 0.3) is 0 Å². The average molecular weight is 339 g/mol. The van der Waals surface area contributed by atoms with Crippen LogP contribution in [0.5, 0.6) is 5.75 Å². The van der Waals surface area contributed by atoms with Gasteiger partial charge in [0.2, 0.25) is 0 Å². The molecular weight excluding hydrogens is 312 g/mol. The smallest absolute Gasteiger partial charge is 0.126 e. The fourth-order valence-corrected chi connectivity index (χ4v) is 4.94. The third-order valence-corrected chi connectivity index (χ3v) is 6.45. The van der Waals surface area contributed by atoms with E-state index in [0.29, 0.717) is 5.75 Å². The summed E-state index contributed by atoms with van der Waals surface area (Å²) in [4.78, 5) is 1.06. The van der Waals surface area contributed by atoms with Crippen molar-refractivity contribution < 1.29 is 5.11 Å². The van der Waals surface area contributed by atoms with E-state index < -0.39 is 0 Å². The van der Waals surface area contributed by atoms with E-state index in [2.05, 4.69) is 19.1 Å². The van der Waals surface area contributed by atoms with Gasteiger partial charge >= 0.3 is 0 Å². The molecule has 4 rings (SSSR count). The summed E-state index contributed by atoms with van der Waals surface area (Å²) in [7, 11) is 0. The molecule has 0 fully saturated rings. The Morgan fingerprint density at radius 2 is 1.25 bits per heavy atom. The van der Waals surface area contributed by atoms with Crippen LogP contribution >= 0.6 is 12.6 Å². The number of rotatable bonds is 1. The Morgan fingerprint density at radius 1 is 0.750 bits per heavy atom. The van der Waals surface area contributed by atoms with Crippen molar-refractivity contribution in [3.63, 3.8) is 0 Å². The second-order valence-electron chi connectivity index (χ2n) is 7.52. The molecule has 1 nitrogen and oxygen atoms in total. The molecule has 0 atom stereocenters. The molecule has 2 aromatic rings. The Morgan fingerprint density at radius 3 is 1.88 bits per heavy atom. The van der Waals surface area contributed by atoms with Crippen LogP contribution in [-0.4, -0.2) is 5.11 Å². The van der Waals surface area contributed by atoms with Gasteiger partial charge in [-0.05, 0) is 98.6 Å². The Hall–Kier alpha value is -1.41. The van der Waals surface area contributed by atoms with Gasteiger partial charge in [0.1, 0.15) is 5.75 Å². The van der Waals surface area contributed by atoms with Crippen LogP contribution in [0.4, 0.5) is 0 Å². The SMILES string of the molecule is Cc1cc2c(c(-c3c(S)c(C)cc4c3CCCC4)c1O)CCCC2. The number of aryl methyl sites for hydroxylation is 4. The third-order valence-electron chi connectivity index (χ3n) is 5.88. The minimum atomic E-state index is 0.476. The fourth-order valence-electron chi connectivity index (χ4n) is 4.63. The zero-order valence-corrected chi connectivity index (χ0v) is 15.6. The van der Waals surface area contributed by atoms with E-state index in [9.17, 15) is 5.11 Å². The van der Waals surface area contributed by atoms with Crippen LogP contribution in [0.3, 0.4) is 0 Å². The van der Waals surface area contributed by atoms with Crippen molar-refractivity contribution in [2.45, 2.75) is 70.1 Å². The number of hydrogen-bond donors (Lipinski definition) is 2. The largest absolute Gasteiger partial charge is 0.507 e. The minimum absolute atomic E-state index is 0.476. The molecule has 126 valence electrons. The lowest BCUT2D eigenvalue weighted by molar-refractivity contribution is 0.471. The molecule has 0 saturated carbocycles. The van der Waals surface area contributed by atoms with E-state index in [1.54, 1.807) is 0 Å². The Kier molecular flexibility index (Phi) is 4.12. The molecule has 0 spiro atoms. The van der Waals surface area contributed by atoms with Crippen LogP contribution in [-0.2, 0) is 25.7 Å². The van der Waals surface area contributed by atoms with Gasteiger partial charge in [-0.3, -0.25) is 0 Å². The van der Waals surface area contributed by atoms with E-state index in [-0.39, 0.29) is 0 Å². The molecule has 1 N–H and O–H groups in total. The minimum Gasteiger partial charge on any atom is -0.507 e. The standard InChI is InChI=1S/C22H26OS/c1-13-11-15-7-3-5-9-17(15)19(21(13)23)20-18-10-6-4-8-16(18)12-14(2)22(20)24/h11-12,23-24H,3-10H2,1-2H3. The molecule has 24 heavy (non-hydrogen) atoms. The highest BCUT2D eigenvalue weighted by atomic mass is 32.1. The number of fused-ring (bicyclic) bond motifs is 2. The van der Waals surface area contributed by atoms with Gasteiger partial charge in [0.05, 0.1) is 0 Å². The van der Waals surface area contributed by atoms with Crippen LogP contribution in [0.15, 0.2) is 17.0 Å². The van der Waals surface area contributed by atoms with E-state index in [0.717, 1.165) is 41.7 Å². The summed E-state index contributed by atoms with van der Waals surface area (Å²) >= 11 is 4.89. The van der Waals surface area contributed by atoms with Crippen molar-refractivity contribution >= 4 is 12.6 Å². The first-order valence-corrected chi connectivity index (χ1v) is 9.71. The normalized spacial score (nSPS) is 16.6. The van der Waals surface area contributed by atoms with Crippen molar-refractivity contribution in [1.29, 1.82) is 0 Å². The molecule has 2 aromatic carbocycles. The Bertz CT molecular complexity index is 750. The quantitative estimate of drug-likeness (QED) is 0.637. The lowest BCUT2D eigenvalue weighted by atomic mass is 9.79. The van der Waals surface area contributed by atoms with E-state index >= 15 is 0 Å². The van der Waals surface area contributed by atoms with E-state index in [1.165, 1.54) is 59.1 Å². The monoisotopic (exact) mass is 338 g/mol. The van der Waals surface area contributed by atoms with Crippen LogP contribution in [0.1, 0.15) is 59.1 Å². The lowest BCUT2D eigenvalue weighted by Crippen LogP contribution is -2.10. The van der Waals surface area contributed by atoms with Crippen LogP contribution in [0, 0.1) is 13.8 Å². The highest BCUT2D eigenvalue weighted by Crippen LogP contribution is 2.46. The summed E-state index contributed by atoms with van der Waals surface area (Å²) in [6.07, 6.45) is 9.48. The zero-order chi connectivity index (χ0) is 16.8. The summed E-state index contributed by atoms with van der Waals surface area (Å²) in [5.41, 5.74) is 10.3. The molecule has 0 aromatic heterocycles. The first-order chi connectivity index (χ1) is 11.6. The summed E-state index contributed by atoms with van der Waals surface area (Å²) in [5, 5.41) is 11.0. The second-order valence-corrected chi connectivity index (χ2v) is 7.97. The summed E-state index contributed by atoms with van der Waals surface area (Å²) in [6, 6.07) is 4.52. The molecule has 2 heteroatoms. The molecule has 0 aliphatic heterocycles. The van der Waals surface area contributed by atoms with Crippen molar-refractivity contribution in [2.75, 3.05) is 0 Å². The molecule has 0 radical (unpaired) electrons. The highest BCUT2D eigenvalue weighted by molar-refractivity contribution is 7.80.